The summed E-state index contributed by atoms with van der Waals surface area (Å²) in [6, 6.07) is 15.0. The van der Waals surface area contributed by atoms with Crippen molar-refractivity contribution in [3.63, 3.8) is 0 Å². The van der Waals surface area contributed by atoms with Crippen molar-refractivity contribution in [2.45, 2.75) is 26.6 Å². The van der Waals surface area contributed by atoms with E-state index in [0.29, 0.717) is 24.6 Å². The molecule has 0 atom stereocenters. The van der Waals surface area contributed by atoms with Crippen molar-refractivity contribution in [1.29, 1.82) is 0 Å². The Kier molecular flexibility index (Phi) is 6.78. The number of halogens is 2. The van der Waals surface area contributed by atoms with E-state index in [9.17, 15) is 8.78 Å². The van der Waals surface area contributed by atoms with E-state index in [1.54, 1.807) is 30.1 Å². The Bertz CT molecular complexity index is 940. The quantitative estimate of drug-likeness (QED) is 0.470. The van der Waals surface area contributed by atoms with Gasteiger partial charge in [-0.1, -0.05) is 29.8 Å². The van der Waals surface area contributed by atoms with Crippen molar-refractivity contribution in [2.75, 3.05) is 7.05 Å². The molecule has 1 heterocycles. The second-order valence-electron chi connectivity index (χ2n) is 6.39. The van der Waals surface area contributed by atoms with Crippen LogP contribution in [0.3, 0.4) is 0 Å². The van der Waals surface area contributed by atoms with Crippen molar-refractivity contribution < 1.29 is 13.5 Å². The third kappa shape index (κ3) is 5.78. The van der Waals surface area contributed by atoms with Crippen molar-refractivity contribution in [3.05, 3.63) is 77.6 Å². The summed E-state index contributed by atoms with van der Waals surface area (Å²) in [5.74, 6) is 0.716. The second-order valence-corrected chi connectivity index (χ2v) is 6.39. The maximum absolute atomic E-state index is 12.6. The van der Waals surface area contributed by atoms with Crippen LogP contribution in [0.25, 0.3) is 5.69 Å². The lowest BCUT2D eigenvalue weighted by Gasteiger charge is -2.15. The van der Waals surface area contributed by atoms with Crippen LogP contribution < -0.4 is 15.4 Å². The molecule has 6 nitrogen and oxygen atoms in total. The first-order valence-electron chi connectivity index (χ1n) is 9.13. The molecule has 0 aliphatic heterocycles. The zero-order valence-electron chi connectivity index (χ0n) is 16.3. The lowest BCUT2D eigenvalue weighted by Crippen LogP contribution is -2.36. The Morgan fingerprint density at radius 1 is 1.14 bits per heavy atom. The molecule has 0 radical (unpaired) electrons. The molecule has 0 saturated heterocycles. The zero-order chi connectivity index (χ0) is 20.6. The summed E-state index contributed by atoms with van der Waals surface area (Å²) in [6.45, 7) is -0.0940. The van der Waals surface area contributed by atoms with Crippen LogP contribution in [0.15, 0.2) is 65.9 Å². The number of alkyl halides is 2. The fourth-order valence-corrected chi connectivity index (χ4v) is 2.83. The minimum atomic E-state index is -2.86. The van der Waals surface area contributed by atoms with Gasteiger partial charge in [0, 0.05) is 38.1 Å². The number of aliphatic imine (C=N–C) groups is 1. The summed E-state index contributed by atoms with van der Waals surface area (Å²) in [4.78, 5) is 4.18. The van der Waals surface area contributed by atoms with Gasteiger partial charge in [0.15, 0.2) is 5.96 Å². The number of aryl methyl sites for hydroxylation is 1. The Morgan fingerprint density at radius 3 is 2.55 bits per heavy atom. The predicted octanol–water partition coefficient (Wildman–Crippen LogP) is 3.65. The minimum absolute atomic E-state index is 0.155. The van der Waals surface area contributed by atoms with Crippen LogP contribution in [0.4, 0.5) is 8.78 Å². The normalized spacial score (nSPS) is 11.6. The highest BCUT2D eigenvalue weighted by atomic mass is 19.3. The summed E-state index contributed by atoms with van der Waals surface area (Å²) >= 11 is 0. The van der Waals surface area contributed by atoms with Gasteiger partial charge in [-0.25, -0.2) is 4.68 Å². The van der Waals surface area contributed by atoms with Gasteiger partial charge in [0.05, 0.1) is 5.69 Å². The number of nitrogens with one attached hydrogen (secondary N) is 2. The number of ether oxygens (including phenoxy) is 1. The first-order chi connectivity index (χ1) is 14.0. The van der Waals surface area contributed by atoms with Gasteiger partial charge in [0.1, 0.15) is 5.75 Å². The largest absolute Gasteiger partial charge is 0.434 e. The SMILES string of the molecule is CN=C(NCc1ccc(-n2cccn2)cc1)NCc1cc(C)ccc1OC(F)F. The Morgan fingerprint density at radius 2 is 1.90 bits per heavy atom. The van der Waals surface area contributed by atoms with Gasteiger partial charge in [-0.2, -0.15) is 13.9 Å². The van der Waals surface area contributed by atoms with E-state index in [-0.39, 0.29) is 5.75 Å². The maximum Gasteiger partial charge on any atom is 0.387 e. The fourth-order valence-electron chi connectivity index (χ4n) is 2.83. The number of aromatic nitrogens is 2. The van der Waals surface area contributed by atoms with E-state index in [2.05, 4.69) is 25.5 Å². The lowest BCUT2D eigenvalue weighted by molar-refractivity contribution is -0.0504. The Labute approximate surface area is 168 Å². The molecule has 1 aromatic heterocycles. The molecule has 0 bridgehead atoms. The number of hydrogen-bond acceptors (Lipinski definition) is 3. The highest BCUT2D eigenvalue weighted by Gasteiger charge is 2.10. The second kappa shape index (κ2) is 9.68. The van der Waals surface area contributed by atoms with Crippen LogP contribution in [-0.4, -0.2) is 29.4 Å². The third-order valence-corrected chi connectivity index (χ3v) is 4.27. The highest BCUT2D eigenvalue weighted by Crippen LogP contribution is 2.22. The topological polar surface area (TPSA) is 63.5 Å². The summed E-state index contributed by atoms with van der Waals surface area (Å²) in [5.41, 5.74) is 3.65. The predicted molar refractivity (Wildman–Crippen MR) is 108 cm³/mol. The van der Waals surface area contributed by atoms with Crippen LogP contribution in [-0.2, 0) is 13.1 Å². The molecule has 3 rings (SSSR count). The van der Waals surface area contributed by atoms with E-state index in [0.717, 1.165) is 16.8 Å². The molecule has 2 aromatic carbocycles. The number of guanidine groups is 1. The number of benzene rings is 2. The van der Waals surface area contributed by atoms with Gasteiger partial charge in [-0.05, 0) is 36.8 Å². The molecule has 0 unspecified atom stereocenters. The average Bonchev–Trinajstić information content (AvgIpc) is 3.25. The van der Waals surface area contributed by atoms with E-state index >= 15 is 0 Å². The highest BCUT2D eigenvalue weighted by molar-refractivity contribution is 5.79. The van der Waals surface area contributed by atoms with Gasteiger partial charge in [-0.3, -0.25) is 4.99 Å². The molecular weight excluding hydrogens is 376 g/mol. The van der Waals surface area contributed by atoms with Crippen LogP contribution in [0, 0.1) is 6.92 Å². The summed E-state index contributed by atoms with van der Waals surface area (Å²) in [6.07, 6.45) is 3.62. The Balaban J connectivity index is 1.57. The number of rotatable bonds is 7. The smallest absolute Gasteiger partial charge is 0.387 e. The van der Waals surface area contributed by atoms with Gasteiger partial charge in [0.2, 0.25) is 0 Å². The maximum atomic E-state index is 12.6. The van der Waals surface area contributed by atoms with Crippen molar-refractivity contribution >= 4 is 5.96 Å². The molecular formula is C21H23F2N5O. The molecule has 29 heavy (non-hydrogen) atoms. The number of hydrogen-bond donors (Lipinski definition) is 2. The molecule has 0 aliphatic rings. The summed E-state index contributed by atoms with van der Waals surface area (Å²) < 4.78 is 31.6. The van der Waals surface area contributed by atoms with Crippen LogP contribution >= 0.6 is 0 Å². The van der Waals surface area contributed by atoms with Gasteiger partial charge < -0.3 is 15.4 Å². The van der Waals surface area contributed by atoms with E-state index in [1.807, 2.05) is 49.5 Å². The molecule has 0 fully saturated rings. The monoisotopic (exact) mass is 399 g/mol. The fraction of sp³-hybridized carbons (Fsp3) is 0.238. The Hall–Kier alpha value is -3.42. The van der Waals surface area contributed by atoms with E-state index in [4.69, 9.17) is 0 Å². The van der Waals surface area contributed by atoms with E-state index < -0.39 is 6.61 Å². The van der Waals surface area contributed by atoms with Crippen LogP contribution in [0.2, 0.25) is 0 Å². The van der Waals surface area contributed by atoms with Crippen molar-refractivity contribution in [1.82, 2.24) is 20.4 Å². The van der Waals surface area contributed by atoms with Crippen molar-refractivity contribution in [2.24, 2.45) is 4.99 Å². The molecule has 152 valence electrons. The molecule has 0 amide bonds. The zero-order valence-corrected chi connectivity index (χ0v) is 16.3. The first-order valence-corrected chi connectivity index (χ1v) is 9.13. The van der Waals surface area contributed by atoms with Gasteiger partial charge in [-0.15, -0.1) is 0 Å². The molecule has 0 aliphatic carbocycles. The van der Waals surface area contributed by atoms with E-state index in [1.165, 1.54) is 0 Å². The molecule has 3 aromatic rings. The van der Waals surface area contributed by atoms with Crippen molar-refractivity contribution in [3.8, 4) is 11.4 Å². The number of nitrogens with zero attached hydrogens (tertiary/aromatic N) is 3. The molecule has 8 heteroatoms. The standard InChI is InChI=1S/C21H23F2N5O/c1-15-4-9-19(29-20(22)23)17(12-15)14-26-21(24-2)25-13-16-5-7-18(8-6-16)28-11-3-10-27-28/h3-12,20H,13-14H2,1-2H3,(H2,24,25,26). The van der Waals surface area contributed by atoms with Gasteiger partial charge >= 0.3 is 6.61 Å². The third-order valence-electron chi connectivity index (χ3n) is 4.27. The molecule has 0 spiro atoms. The lowest BCUT2D eigenvalue weighted by atomic mass is 10.1. The molecule has 0 saturated carbocycles. The minimum Gasteiger partial charge on any atom is -0.434 e. The summed E-state index contributed by atoms with van der Waals surface area (Å²) in [5, 5.41) is 10.5. The first kappa shape index (κ1) is 20.3. The van der Waals surface area contributed by atoms with Crippen LogP contribution in [0.1, 0.15) is 16.7 Å². The van der Waals surface area contributed by atoms with Gasteiger partial charge in [0.25, 0.3) is 0 Å². The van der Waals surface area contributed by atoms with Crippen LogP contribution in [0.5, 0.6) is 5.75 Å². The molecule has 2 N–H and O–H groups in total. The summed E-state index contributed by atoms with van der Waals surface area (Å²) in [7, 11) is 1.66. The average molecular weight is 399 g/mol.